The highest BCUT2D eigenvalue weighted by Crippen LogP contribution is 2.35. The molecular formula is C30H52O26. The summed E-state index contributed by atoms with van der Waals surface area (Å²) in [5.74, 6) is 0. The number of rotatable bonds is 13. The molecule has 5 aliphatic rings. The molecule has 0 aromatic rings. The van der Waals surface area contributed by atoms with Crippen LogP contribution in [0.5, 0.6) is 0 Å². The van der Waals surface area contributed by atoms with Crippen molar-refractivity contribution in [2.24, 2.45) is 0 Å². The molecule has 0 amide bonds. The summed E-state index contributed by atoms with van der Waals surface area (Å²) in [6, 6.07) is 0. The molecule has 17 N–H and O–H groups in total. The second-order valence-electron chi connectivity index (χ2n) is 13.9. The number of aliphatic hydroxyl groups is 17. The highest BCUT2D eigenvalue weighted by atomic mass is 16.8. The molecule has 0 unspecified atom stereocenters. The van der Waals surface area contributed by atoms with E-state index in [1.165, 1.54) is 0 Å². The average molecular weight is 829 g/mol. The molecule has 5 aliphatic heterocycles. The van der Waals surface area contributed by atoms with Gasteiger partial charge in [-0.2, -0.15) is 0 Å². The van der Waals surface area contributed by atoms with Gasteiger partial charge in [0.1, 0.15) is 122 Å². The molecule has 26 heteroatoms. The first kappa shape index (κ1) is 46.0. The summed E-state index contributed by atoms with van der Waals surface area (Å²) in [5.41, 5.74) is 0. The minimum absolute atomic E-state index is 0.811. The van der Waals surface area contributed by atoms with Crippen LogP contribution >= 0.6 is 0 Å². The fraction of sp³-hybridized carbons (Fsp3) is 1.00. The maximum absolute atomic E-state index is 11.1. The Morgan fingerprint density at radius 1 is 0.268 bits per heavy atom. The van der Waals surface area contributed by atoms with E-state index in [9.17, 15) is 86.8 Å². The molecule has 0 saturated carbocycles. The van der Waals surface area contributed by atoms with Gasteiger partial charge in [0.2, 0.25) is 0 Å². The van der Waals surface area contributed by atoms with E-state index < -0.39 is 187 Å². The van der Waals surface area contributed by atoms with Gasteiger partial charge in [0.15, 0.2) is 31.5 Å². The van der Waals surface area contributed by atoms with Crippen molar-refractivity contribution >= 4 is 0 Å². The van der Waals surface area contributed by atoms with Gasteiger partial charge >= 0.3 is 0 Å². The quantitative estimate of drug-likeness (QED) is 0.0819. The van der Waals surface area contributed by atoms with E-state index in [1.807, 2.05) is 0 Å². The second kappa shape index (κ2) is 19.6. The van der Waals surface area contributed by atoms with Crippen molar-refractivity contribution in [3.63, 3.8) is 0 Å². The molecule has 328 valence electrons. The Morgan fingerprint density at radius 2 is 0.518 bits per heavy atom. The van der Waals surface area contributed by atoms with E-state index >= 15 is 0 Å². The van der Waals surface area contributed by atoms with Crippen molar-refractivity contribution in [3.8, 4) is 0 Å². The van der Waals surface area contributed by atoms with Crippen molar-refractivity contribution < 1.29 is 129 Å². The Balaban J connectivity index is 1.22. The lowest BCUT2D eigenvalue weighted by molar-refractivity contribution is -0.392. The van der Waals surface area contributed by atoms with Crippen LogP contribution in [-0.4, -0.2) is 273 Å². The fourth-order valence-corrected chi connectivity index (χ4v) is 7.03. The molecule has 5 rings (SSSR count). The van der Waals surface area contributed by atoms with E-state index in [0.29, 0.717) is 0 Å². The molecule has 0 radical (unpaired) electrons. The summed E-state index contributed by atoms with van der Waals surface area (Å²) in [6.45, 7) is -4.51. The van der Waals surface area contributed by atoms with Crippen LogP contribution in [0.3, 0.4) is 0 Å². The van der Waals surface area contributed by atoms with Crippen LogP contribution in [0.4, 0.5) is 0 Å². The van der Waals surface area contributed by atoms with E-state index in [-0.39, 0.29) is 0 Å². The Kier molecular flexibility index (Phi) is 16.1. The number of aliphatic hydroxyl groups excluding tert-OH is 17. The zero-order valence-electron chi connectivity index (χ0n) is 29.2. The highest BCUT2D eigenvalue weighted by Gasteiger charge is 2.56. The minimum Gasteiger partial charge on any atom is -0.394 e. The fourth-order valence-electron chi connectivity index (χ4n) is 7.03. The lowest BCUT2D eigenvalue weighted by atomic mass is 9.95. The first-order valence-electron chi connectivity index (χ1n) is 17.6. The van der Waals surface area contributed by atoms with Crippen LogP contribution in [0.15, 0.2) is 0 Å². The van der Waals surface area contributed by atoms with Gasteiger partial charge in [-0.1, -0.05) is 0 Å². The normalized spacial score (nSPS) is 53.2. The van der Waals surface area contributed by atoms with Gasteiger partial charge in [-0.05, 0) is 0 Å². The summed E-state index contributed by atoms with van der Waals surface area (Å²) < 4.78 is 49.1. The summed E-state index contributed by atoms with van der Waals surface area (Å²) in [4.78, 5) is 0. The first-order chi connectivity index (χ1) is 26.5. The molecule has 25 atom stereocenters. The van der Waals surface area contributed by atoms with Crippen LogP contribution < -0.4 is 0 Å². The number of ether oxygens (including phenoxy) is 9. The molecule has 0 aromatic heterocycles. The zero-order valence-corrected chi connectivity index (χ0v) is 29.2. The zero-order chi connectivity index (χ0) is 41.3. The average Bonchev–Trinajstić information content (AvgIpc) is 3.19. The molecule has 0 aliphatic carbocycles. The van der Waals surface area contributed by atoms with Gasteiger partial charge in [-0.15, -0.1) is 0 Å². The Labute approximate surface area is 316 Å². The molecule has 5 heterocycles. The molecule has 56 heavy (non-hydrogen) atoms. The maximum Gasteiger partial charge on any atom is 0.187 e. The predicted octanol–water partition coefficient (Wildman–Crippen LogP) is -11.9. The summed E-state index contributed by atoms with van der Waals surface area (Å²) in [6.07, 6.45) is -45.8. The molecule has 26 nitrogen and oxygen atoms in total. The van der Waals surface area contributed by atoms with Crippen LogP contribution in [0.25, 0.3) is 0 Å². The van der Waals surface area contributed by atoms with Crippen LogP contribution in [-0.2, 0) is 42.6 Å². The summed E-state index contributed by atoms with van der Waals surface area (Å²) >= 11 is 0. The SMILES string of the molecule is OC[C@H]1O[C@@H](O[C@H]2[C@H](O)[C@@H](O)[C@H](O[C@H]3[C@H](O)[C@@H](O)[C@H](O[C@H]4[C@H](O)[C@@H](O)[C@H](O[C@H]5[C@H](O)[C@@H](O)[C@@H](O)O[C@@H]5CO)O[C@@H]4CO)O[C@@H]3CO)O[C@@H]2CO)[C@H](O)[C@@H](O)[C@@H]1O. The lowest BCUT2D eigenvalue weighted by Crippen LogP contribution is -2.68. The molecule has 0 aromatic carbocycles. The number of hydrogen-bond acceptors (Lipinski definition) is 26. The Hall–Kier alpha value is -1.04. The third kappa shape index (κ3) is 9.16. The second-order valence-corrected chi connectivity index (χ2v) is 13.9. The van der Waals surface area contributed by atoms with Gasteiger partial charge in [-0.3, -0.25) is 0 Å². The minimum atomic E-state index is -2.12. The topological polar surface area (TPSA) is 427 Å². The van der Waals surface area contributed by atoms with Crippen molar-refractivity contribution in [1.82, 2.24) is 0 Å². The van der Waals surface area contributed by atoms with Crippen molar-refractivity contribution in [2.75, 3.05) is 33.0 Å². The van der Waals surface area contributed by atoms with Gasteiger partial charge in [0.05, 0.1) is 33.0 Å². The van der Waals surface area contributed by atoms with E-state index in [0.717, 1.165) is 0 Å². The Morgan fingerprint density at radius 3 is 0.821 bits per heavy atom. The molecule has 5 fully saturated rings. The van der Waals surface area contributed by atoms with E-state index in [2.05, 4.69) is 0 Å². The van der Waals surface area contributed by atoms with Gasteiger partial charge in [0, 0.05) is 0 Å². The molecular weight excluding hydrogens is 776 g/mol. The standard InChI is InChI=1S/C30H52O26/c31-1-6-11(36)12(37)18(43)27(49-6)54-23-8(3-33)51-29(20(45)14(23)39)56-25-10(5-35)52-30(21(46)16(25)41)55-24-9(4-34)50-28(19(44)15(24)40)53-22-7(2-32)48-26(47)17(42)13(22)38/h6-47H,1-5H2/t6-,7-,8-,9-,10-,11-,12+,13-,14-,15-,16-,17-,18-,19-,20-,21-,22-,23-,24-,25-,26+,27+,28+,29+,30+/m1/s1. The smallest absolute Gasteiger partial charge is 0.187 e. The van der Waals surface area contributed by atoms with Gasteiger partial charge < -0.3 is 129 Å². The van der Waals surface area contributed by atoms with Crippen molar-refractivity contribution in [2.45, 2.75) is 154 Å². The van der Waals surface area contributed by atoms with Crippen LogP contribution in [0.1, 0.15) is 0 Å². The molecule has 5 saturated heterocycles. The van der Waals surface area contributed by atoms with Gasteiger partial charge in [-0.25, -0.2) is 0 Å². The van der Waals surface area contributed by atoms with Gasteiger partial charge in [0.25, 0.3) is 0 Å². The van der Waals surface area contributed by atoms with Crippen LogP contribution in [0, 0.1) is 0 Å². The lowest BCUT2D eigenvalue weighted by Gasteiger charge is -2.49. The largest absolute Gasteiger partial charge is 0.394 e. The Bertz CT molecular complexity index is 1200. The third-order valence-corrected chi connectivity index (χ3v) is 10.3. The summed E-state index contributed by atoms with van der Waals surface area (Å²) in [7, 11) is 0. The van der Waals surface area contributed by atoms with Crippen molar-refractivity contribution in [3.05, 3.63) is 0 Å². The summed E-state index contributed by atoms with van der Waals surface area (Å²) in [5, 5.41) is 176. The monoisotopic (exact) mass is 828 g/mol. The maximum atomic E-state index is 11.1. The highest BCUT2D eigenvalue weighted by molar-refractivity contribution is 4.99. The number of hydrogen-bond donors (Lipinski definition) is 17. The van der Waals surface area contributed by atoms with E-state index in [1.54, 1.807) is 0 Å². The third-order valence-electron chi connectivity index (χ3n) is 10.3. The molecule has 0 bridgehead atoms. The van der Waals surface area contributed by atoms with Crippen LogP contribution in [0.2, 0.25) is 0 Å². The first-order valence-corrected chi connectivity index (χ1v) is 17.6. The predicted molar refractivity (Wildman–Crippen MR) is 167 cm³/mol. The molecule has 0 spiro atoms. The van der Waals surface area contributed by atoms with E-state index in [4.69, 9.17) is 42.6 Å². The van der Waals surface area contributed by atoms with Crippen molar-refractivity contribution in [1.29, 1.82) is 0 Å².